The molecule has 2 rings (SSSR count). The summed E-state index contributed by atoms with van der Waals surface area (Å²) in [5.41, 5.74) is 1.76. The smallest absolute Gasteiger partial charge is 0.259 e. The minimum atomic E-state index is -0.548. The number of carbonyl (C=O) groups excluding carboxylic acids is 1. The Morgan fingerprint density at radius 2 is 2.14 bits per heavy atom. The maximum Gasteiger partial charge on any atom is 0.259 e. The second kappa shape index (κ2) is 6.67. The molecule has 1 aromatic heterocycles. The molecule has 0 unspecified atom stereocenters. The summed E-state index contributed by atoms with van der Waals surface area (Å²) in [4.78, 5) is 16.3. The van der Waals surface area contributed by atoms with Crippen LogP contribution >= 0.6 is 15.9 Å². The molecule has 0 saturated carbocycles. The van der Waals surface area contributed by atoms with Gasteiger partial charge < -0.3 is 10.6 Å². The number of carbonyl (C=O) groups is 1. The van der Waals surface area contributed by atoms with E-state index in [0.717, 1.165) is 16.2 Å². The second-order valence-electron chi connectivity index (χ2n) is 4.49. The topological polar surface area (TPSA) is 54.0 Å². The summed E-state index contributed by atoms with van der Waals surface area (Å²) in [5.74, 6) is -0.587. The van der Waals surface area contributed by atoms with Gasteiger partial charge in [-0.3, -0.25) is 4.79 Å². The van der Waals surface area contributed by atoms with Crippen molar-refractivity contribution in [3.05, 3.63) is 51.9 Å². The first-order chi connectivity index (χ1) is 10.0. The van der Waals surface area contributed by atoms with Crippen LogP contribution in [0.25, 0.3) is 0 Å². The molecule has 1 heterocycles. The lowest BCUT2D eigenvalue weighted by Gasteiger charge is -2.12. The van der Waals surface area contributed by atoms with Gasteiger partial charge in [0.2, 0.25) is 0 Å². The van der Waals surface area contributed by atoms with Crippen molar-refractivity contribution >= 4 is 33.3 Å². The molecule has 0 fully saturated rings. The zero-order chi connectivity index (χ0) is 15.4. The lowest BCUT2D eigenvalue weighted by molar-refractivity contribution is 0.102. The fourth-order valence-electron chi connectivity index (χ4n) is 1.84. The van der Waals surface area contributed by atoms with Gasteiger partial charge in [-0.2, -0.15) is 0 Å². The molecule has 0 atom stereocenters. The highest BCUT2D eigenvalue weighted by Crippen LogP contribution is 2.22. The van der Waals surface area contributed by atoms with Gasteiger partial charge >= 0.3 is 0 Å². The SMILES string of the molecule is CCNc1ncc(F)cc1C(=O)Nc1cc(Br)ccc1C. The standard InChI is InChI=1S/C15H15BrFN3O/c1-3-18-14-12(7-11(17)8-19-14)15(21)20-13-6-10(16)5-4-9(13)2/h4-8H,3H2,1-2H3,(H,18,19)(H,20,21). The van der Waals surface area contributed by atoms with Gasteiger partial charge in [0.05, 0.1) is 11.8 Å². The Morgan fingerprint density at radius 3 is 2.86 bits per heavy atom. The van der Waals surface area contributed by atoms with Crippen molar-refractivity contribution < 1.29 is 9.18 Å². The molecule has 0 aliphatic heterocycles. The Morgan fingerprint density at radius 1 is 1.38 bits per heavy atom. The van der Waals surface area contributed by atoms with Crippen LogP contribution < -0.4 is 10.6 Å². The maximum atomic E-state index is 13.4. The number of amides is 1. The number of nitrogens with one attached hydrogen (secondary N) is 2. The predicted octanol–water partition coefficient (Wildman–Crippen LogP) is 3.98. The maximum absolute atomic E-state index is 13.4. The van der Waals surface area contributed by atoms with Crippen LogP contribution in [0.5, 0.6) is 0 Å². The molecule has 0 bridgehead atoms. The first-order valence-electron chi connectivity index (χ1n) is 6.48. The highest BCUT2D eigenvalue weighted by molar-refractivity contribution is 9.10. The zero-order valence-electron chi connectivity index (χ0n) is 11.7. The average Bonchev–Trinajstić information content (AvgIpc) is 2.45. The number of nitrogens with zero attached hydrogens (tertiary/aromatic N) is 1. The summed E-state index contributed by atoms with van der Waals surface area (Å²) in [5, 5.41) is 5.73. The normalized spacial score (nSPS) is 10.3. The fraction of sp³-hybridized carbons (Fsp3) is 0.200. The van der Waals surface area contributed by atoms with Crippen molar-refractivity contribution in [1.29, 1.82) is 0 Å². The Labute approximate surface area is 130 Å². The molecule has 0 aliphatic rings. The van der Waals surface area contributed by atoms with Crippen LogP contribution in [0.2, 0.25) is 0 Å². The largest absolute Gasteiger partial charge is 0.370 e. The number of pyridine rings is 1. The van der Waals surface area contributed by atoms with Crippen LogP contribution in [0.3, 0.4) is 0 Å². The van der Waals surface area contributed by atoms with Crippen molar-refractivity contribution in [3.8, 4) is 0 Å². The highest BCUT2D eigenvalue weighted by atomic mass is 79.9. The van der Waals surface area contributed by atoms with Crippen molar-refractivity contribution in [3.63, 3.8) is 0 Å². The third kappa shape index (κ3) is 3.78. The van der Waals surface area contributed by atoms with E-state index in [-0.39, 0.29) is 5.56 Å². The van der Waals surface area contributed by atoms with Crippen molar-refractivity contribution in [2.75, 3.05) is 17.2 Å². The number of hydrogen-bond acceptors (Lipinski definition) is 3. The molecular weight excluding hydrogens is 337 g/mol. The number of halogens is 2. The number of benzene rings is 1. The van der Waals surface area contributed by atoms with Crippen molar-refractivity contribution in [1.82, 2.24) is 4.98 Å². The van der Waals surface area contributed by atoms with E-state index in [1.54, 1.807) is 6.07 Å². The fourth-order valence-corrected chi connectivity index (χ4v) is 2.20. The van der Waals surface area contributed by atoms with Gasteiger partial charge in [0.15, 0.2) is 0 Å². The second-order valence-corrected chi connectivity index (χ2v) is 5.41. The molecule has 1 aromatic carbocycles. The first-order valence-corrected chi connectivity index (χ1v) is 7.27. The van der Waals surface area contributed by atoms with E-state index in [0.29, 0.717) is 18.1 Å². The van der Waals surface area contributed by atoms with Crippen LogP contribution in [-0.2, 0) is 0 Å². The van der Waals surface area contributed by atoms with Gasteiger partial charge in [-0.15, -0.1) is 0 Å². The van der Waals surface area contributed by atoms with Crippen LogP contribution in [0, 0.1) is 12.7 Å². The van der Waals surface area contributed by atoms with E-state index in [2.05, 4.69) is 31.5 Å². The summed E-state index contributed by atoms with van der Waals surface area (Å²) < 4.78 is 14.2. The third-order valence-corrected chi connectivity index (χ3v) is 3.38. The Kier molecular flexibility index (Phi) is 4.90. The van der Waals surface area contributed by atoms with Gasteiger partial charge in [-0.05, 0) is 37.6 Å². The van der Waals surface area contributed by atoms with Crippen LogP contribution in [0.15, 0.2) is 34.9 Å². The number of rotatable bonds is 4. The Balaban J connectivity index is 2.31. The zero-order valence-corrected chi connectivity index (χ0v) is 13.3. The van der Waals surface area contributed by atoms with Gasteiger partial charge in [-0.1, -0.05) is 22.0 Å². The van der Waals surface area contributed by atoms with Gasteiger partial charge in [-0.25, -0.2) is 9.37 Å². The summed E-state index contributed by atoms with van der Waals surface area (Å²) in [6.07, 6.45) is 1.08. The van der Waals surface area contributed by atoms with Crippen molar-refractivity contribution in [2.45, 2.75) is 13.8 Å². The lowest BCUT2D eigenvalue weighted by Crippen LogP contribution is -2.16. The highest BCUT2D eigenvalue weighted by Gasteiger charge is 2.15. The number of aryl methyl sites for hydroxylation is 1. The summed E-state index contributed by atoms with van der Waals surface area (Å²) in [6, 6.07) is 6.74. The monoisotopic (exact) mass is 351 g/mol. The van der Waals surface area contributed by atoms with Crippen LogP contribution in [0.4, 0.5) is 15.9 Å². The van der Waals surface area contributed by atoms with Crippen LogP contribution in [0.1, 0.15) is 22.8 Å². The van der Waals surface area contributed by atoms with Crippen LogP contribution in [-0.4, -0.2) is 17.4 Å². The van der Waals surface area contributed by atoms with E-state index in [1.807, 2.05) is 26.0 Å². The molecule has 1 amide bonds. The molecule has 0 spiro atoms. The molecular formula is C15H15BrFN3O. The minimum Gasteiger partial charge on any atom is -0.370 e. The Hall–Kier alpha value is -1.95. The Bertz CT molecular complexity index is 676. The van der Waals surface area contributed by atoms with Crippen molar-refractivity contribution in [2.24, 2.45) is 0 Å². The predicted molar refractivity (Wildman–Crippen MR) is 85.2 cm³/mol. The number of anilines is 2. The molecule has 110 valence electrons. The summed E-state index contributed by atoms with van der Waals surface area (Å²) in [7, 11) is 0. The number of hydrogen-bond donors (Lipinski definition) is 2. The molecule has 6 heteroatoms. The number of aromatic nitrogens is 1. The molecule has 21 heavy (non-hydrogen) atoms. The van der Waals surface area contributed by atoms with Gasteiger partial charge in [0.25, 0.3) is 5.91 Å². The molecule has 0 aliphatic carbocycles. The lowest BCUT2D eigenvalue weighted by atomic mass is 10.1. The molecule has 2 aromatic rings. The summed E-state index contributed by atoms with van der Waals surface area (Å²) in [6.45, 7) is 4.36. The quantitative estimate of drug-likeness (QED) is 0.875. The third-order valence-electron chi connectivity index (χ3n) is 2.89. The van der Waals surface area contributed by atoms with E-state index < -0.39 is 11.7 Å². The van der Waals surface area contributed by atoms with E-state index >= 15 is 0 Å². The molecule has 0 saturated heterocycles. The van der Waals surface area contributed by atoms with Gasteiger partial charge in [0, 0.05) is 16.7 Å². The molecule has 2 N–H and O–H groups in total. The minimum absolute atomic E-state index is 0.177. The first kappa shape index (κ1) is 15.4. The van der Waals surface area contributed by atoms with E-state index in [9.17, 15) is 9.18 Å². The summed E-state index contributed by atoms with van der Waals surface area (Å²) >= 11 is 3.36. The van der Waals surface area contributed by atoms with Gasteiger partial charge in [0.1, 0.15) is 11.6 Å². The van der Waals surface area contributed by atoms with E-state index in [4.69, 9.17) is 0 Å². The molecule has 0 radical (unpaired) electrons. The molecule has 4 nitrogen and oxygen atoms in total. The van der Waals surface area contributed by atoms with E-state index in [1.165, 1.54) is 6.07 Å². The average molecular weight is 352 g/mol.